The van der Waals surface area contributed by atoms with Crippen LogP contribution in [-0.4, -0.2) is 8.07 Å². The van der Waals surface area contributed by atoms with Crippen molar-refractivity contribution in [3.05, 3.63) is 54.9 Å². The quantitative estimate of drug-likeness (QED) is 0.615. The smallest absolute Gasteiger partial charge is 0.106 e. The molecule has 0 N–H and O–H groups in total. The summed E-state index contributed by atoms with van der Waals surface area (Å²) < 4.78 is 0. The summed E-state index contributed by atoms with van der Waals surface area (Å²) in [6, 6.07) is 11.1. The zero-order valence-electron chi connectivity index (χ0n) is 7.38. The van der Waals surface area contributed by atoms with Crippen LogP contribution in [0.3, 0.4) is 0 Å². The SMILES string of the molecule is C=C[Si](C)(C=C)c1cc[c]cc1. The van der Waals surface area contributed by atoms with Crippen molar-refractivity contribution in [1.29, 1.82) is 0 Å². The Morgan fingerprint density at radius 1 is 1.25 bits per heavy atom. The highest BCUT2D eigenvalue weighted by Crippen LogP contribution is 2.04. The lowest BCUT2D eigenvalue weighted by molar-refractivity contribution is 1.71. The lowest BCUT2D eigenvalue weighted by Gasteiger charge is -2.18. The van der Waals surface area contributed by atoms with E-state index in [0.29, 0.717) is 0 Å². The van der Waals surface area contributed by atoms with Crippen molar-refractivity contribution in [2.45, 2.75) is 6.55 Å². The lowest BCUT2D eigenvalue weighted by Crippen LogP contribution is -2.40. The predicted molar refractivity (Wildman–Crippen MR) is 56.9 cm³/mol. The second-order valence-corrected chi connectivity index (χ2v) is 6.94. The molecule has 61 valence electrons. The maximum atomic E-state index is 3.86. The van der Waals surface area contributed by atoms with E-state index in [2.05, 4.69) is 37.9 Å². The Morgan fingerprint density at radius 2 is 1.75 bits per heavy atom. The molecule has 1 rings (SSSR count). The molecule has 0 atom stereocenters. The average Bonchev–Trinajstić information content (AvgIpc) is 2.18. The summed E-state index contributed by atoms with van der Waals surface area (Å²) in [5.41, 5.74) is 4.07. The van der Waals surface area contributed by atoms with Gasteiger partial charge in [-0.25, -0.2) is 0 Å². The summed E-state index contributed by atoms with van der Waals surface area (Å²) >= 11 is 0. The molecule has 0 bridgehead atoms. The largest absolute Gasteiger partial charge is 0.129 e. The molecule has 0 saturated heterocycles. The maximum Gasteiger partial charge on any atom is 0.129 e. The van der Waals surface area contributed by atoms with Crippen molar-refractivity contribution >= 4 is 13.3 Å². The van der Waals surface area contributed by atoms with Gasteiger partial charge in [0, 0.05) is 0 Å². The number of benzene rings is 1. The molecule has 0 aliphatic heterocycles. The van der Waals surface area contributed by atoms with Gasteiger partial charge >= 0.3 is 0 Å². The van der Waals surface area contributed by atoms with E-state index < -0.39 is 8.07 Å². The maximum absolute atomic E-state index is 3.86. The number of hydrogen-bond acceptors (Lipinski definition) is 0. The van der Waals surface area contributed by atoms with Crippen molar-refractivity contribution in [1.82, 2.24) is 0 Å². The zero-order chi connectivity index (χ0) is 9.03. The molecule has 1 heteroatoms. The zero-order valence-corrected chi connectivity index (χ0v) is 8.38. The Balaban J connectivity index is 3.11. The lowest BCUT2D eigenvalue weighted by atomic mass is 10.4. The van der Waals surface area contributed by atoms with E-state index in [-0.39, 0.29) is 0 Å². The van der Waals surface area contributed by atoms with Crippen LogP contribution in [0.25, 0.3) is 0 Å². The third-order valence-electron chi connectivity index (χ3n) is 2.19. The van der Waals surface area contributed by atoms with Crippen molar-refractivity contribution in [3.8, 4) is 0 Å². The molecule has 0 aliphatic carbocycles. The van der Waals surface area contributed by atoms with Crippen LogP contribution in [0.15, 0.2) is 48.8 Å². The first-order valence-electron chi connectivity index (χ1n) is 3.97. The molecule has 0 saturated carbocycles. The molecule has 0 nitrogen and oxygen atoms in total. The fourth-order valence-electron chi connectivity index (χ4n) is 1.07. The normalized spacial score (nSPS) is 10.8. The van der Waals surface area contributed by atoms with Gasteiger partial charge in [0.2, 0.25) is 0 Å². The monoisotopic (exact) mass is 173 g/mol. The van der Waals surface area contributed by atoms with Crippen molar-refractivity contribution in [3.63, 3.8) is 0 Å². The van der Waals surface area contributed by atoms with E-state index in [1.54, 1.807) is 0 Å². The van der Waals surface area contributed by atoms with Crippen LogP contribution >= 0.6 is 0 Å². The highest BCUT2D eigenvalue weighted by Gasteiger charge is 2.20. The summed E-state index contributed by atoms with van der Waals surface area (Å²) in [7, 11) is -1.57. The Morgan fingerprint density at radius 3 is 2.17 bits per heavy atom. The van der Waals surface area contributed by atoms with Gasteiger partial charge in [-0.05, 0) is 6.07 Å². The van der Waals surface area contributed by atoms with Crippen LogP contribution in [0.1, 0.15) is 0 Å². The fraction of sp³-hybridized carbons (Fsp3) is 0.0909. The summed E-state index contributed by atoms with van der Waals surface area (Å²) in [6.07, 6.45) is 0. The molecule has 1 radical (unpaired) electrons. The number of hydrogen-bond donors (Lipinski definition) is 0. The first kappa shape index (κ1) is 9.01. The minimum Gasteiger partial charge on any atom is -0.106 e. The van der Waals surface area contributed by atoms with E-state index in [1.165, 1.54) is 5.19 Å². The summed E-state index contributed by atoms with van der Waals surface area (Å²) in [4.78, 5) is 0. The second kappa shape index (κ2) is 3.54. The van der Waals surface area contributed by atoms with Crippen LogP contribution in [0.5, 0.6) is 0 Å². The van der Waals surface area contributed by atoms with Gasteiger partial charge in [-0.2, -0.15) is 0 Å². The van der Waals surface area contributed by atoms with E-state index >= 15 is 0 Å². The van der Waals surface area contributed by atoms with Gasteiger partial charge < -0.3 is 0 Å². The summed E-state index contributed by atoms with van der Waals surface area (Å²) in [6.45, 7) is 9.95. The van der Waals surface area contributed by atoms with Crippen molar-refractivity contribution < 1.29 is 0 Å². The minimum absolute atomic E-state index is 1.34. The molecule has 1 aromatic carbocycles. The topological polar surface area (TPSA) is 0 Å². The van der Waals surface area contributed by atoms with Crippen LogP contribution in [0, 0.1) is 6.07 Å². The molecule has 12 heavy (non-hydrogen) atoms. The summed E-state index contributed by atoms with van der Waals surface area (Å²) in [5, 5.41) is 1.34. The predicted octanol–water partition coefficient (Wildman–Crippen LogP) is 2.22. The van der Waals surface area contributed by atoms with E-state index in [4.69, 9.17) is 0 Å². The van der Waals surface area contributed by atoms with Crippen molar-refractivity contribution in [2.75, 3.05) is 0 Å². The molecular formula is C11H13Si. The molecule has 1 aromatic rings. The highest BCUT2D eigenvalue weighted by atomic mass is 28.3. The Kier molecular flexibility index (Phi) is 2.66. The average molecular weight is 173 g/mol. The Hall–Kier alpha value is -1.08. The Labute approximate surface area is 75.3 Å². The Bertz CT molecular complexity index is 266. The third-order valence-corrected chi connectivity index (χ3v) is 5.46. The van der Waals surface area contributed by atoms with Gasteiger partial charge in [0.25, 0.3) is 0 Å². The van der Waals surface area contributed by atoms with Gasteiger partial charge in [-0.1, -0.05) is 47.4 Å². The van der Waals surface area contributed by atoms with Crippen molar-refractivity contribution in [2.24, 2.45) is 0 Å². The van der Waals surface area contributed by atoms with E-state index in [0.717, 1.165) is 0 Å². The second-order valence-electron chi connectivity index (χ2n) is 2.98. The van der Waals surface area contributed by atoms with Crippen LogP contribution < -0.4 is 5.19 Å². The molecule has 0 unspecified atom stereocenters. The van der Waals surface area contributed by atoms with Gasteiger partial charge in [0.1, 0.15) is 8.07 Å². The van der Waals surface area contributed by atoms with Gasteiger partial charge in [-0.15, -0.1) is 13.2 Å². The summed E-state index contributed by atoms with van der Waals surface area (Å²) in [5.74, 6) is 0. The standard InChI is InChI=1S/C11H13Si/c1-4-12(3,5-2)11-9-7-6-8-10-11/h4-5,7-10H,1-2H2,3H3. The van der Waals surface area contributed by atoms with Crippen LogP contribution in [0.4, 0.5) is 0 Å². The third kappa shape index (κ3) is 1.56. The van der Waals surface area contributed by atoms with Crippen LogP contribution in [0.2, 0.25) is 6.55 Å². The van der Waals surface area contributed by atoms with Gasteiger partial charge in [-0.3, -0.25) is 0 Å². The molecule has 0 spiro atoms. The van der Waals surface area contributed by atoms with Gasteiger partial charge in [0.05, 0.1) is 0 Å². The highest BCUT2D eigenvalue weighted by molar-refractivity contribution is 6.98. The minimum atomic E-state index is -1.57. The molecular weight excluding hydrogens is 160 g/mol. The number of rotatable bonds is 3. The van der Waals surface area contributed by atoms with Gasteiger partial charge in [0.15, 0.2) is 0 Å². The van der Waals surface area contributed by atoms with E-state index in [1.807, 2.05) is 23.5 Å². The molecule has 0 amide bonds. The molecule has 0 heterocycles. The molecule has 0 aliphatic rings. The molecule has 0 fully saturated rings. The first-order valence-corrected chi connectivity index (χ1v) is 6.62. The fourth-order valence-corrected chi connectivity index (χ4v) is 2.59. The van der Waals surface area contributed by atoms with E-state index in [9.17, 15) is 0 Å². The van der Waals surface area contributed by atoms with Crippen LogP contribution in [-0.2, 0) is 0 Å². The molecule has 0 aromatic heterocycles. The first-order chi connectivity index (χ1) is 5.73.